The predicted octanol–water partition coefficient (Wildman–Crippen LogP) is 3.33. The van der Waals surface area contributed by atoms with E-state index >= 15 is 0 Å². The van der Waals surface area contributed by atoms with E-state index in [1.54, 1.807) is 12.5 Å². The first-order valence-corrected chi connectivity index (χ1v) is 9.23. The average Bonchev–Trinajstić information content (AvgIpc) is 3.08. The van der Waals surface area contributed by atoms with Crippen LogP contribution in [0.15, 0.2) is 67.3 Å². The predicted molar refractivity (Wildman–Crippen MR) is 99.0 cm³/mol. The Kier molecular flexibility index (Phi) is 3.65. The fourth-order valence-corrected chi connectivity index (χ4v) is 4.08. The summed E-state index contributed by atoms with van der Waals surface area (Å²) < 4.78 is 8.33. The molecule has 0 saturated heterocycles. The van der Waals surface area contributed by atoms with Crippen LogP contribution in [0.5, 0.6) is 0 Å². The molecule has 0 fully saturated rings. The highest BCUT2D eigenvalue weighted by molar-refractivity contribution is 14.2. The van der Waals surface area contributed by atoms with Crippen molar-refractivity contribution in [2.24, 2.45) is 0 Å². The summed E-state index contributed by atoms with van der Waals surface area (Å²) in [6.45, 7) is 0. The zero-order chi connectivity index (χ0) is 15.6. The topological polar surface area (TPSA) is 46.9 Å². The summed E-state index contributed by atoms with van der Waals surface area (Å²) in [5, 5.41) is 0. The van der Waals surface area contributed by atoms with Gasteiger partial charge in [0.05, 0.1) is 27.3 Å². The van der Waals surface area contributed by atoms with Gasteiger partial charge in [-0.25, -0.2) is 4.98 Å². The first kappa shape index (κ1) is 14.1. The molecule has 0 atom stereocenters. The molecule has 23 heavy (non-hydrogen) atoms. The van der Waals surface area contributed by atoms with E-state index in [-0.39, 0.29) is 5.91 Å². The fraction of sp³-hybridized carbons (Fsp3) is 0. The second-order valence-corrected chi connectivity index (χ2v) is 6.67. The zero-order valence-corrected chi connectivity index (χ0v) is 14.2. The van der Waals surface area contributed by atoms with E-state index in [0.717, 1.165) is 22.4 Å². The quantitative estimate of drug-likeness (QED) is 0.518. The molecule has 1 amide bonds. The lowest BCUT2D eigenvalue weighted by Crippen LogP contribution is -2.13. The van der Waals surface area contributed by atoms with Gasteiger partial charge >= 0.3 is 0 Å². The van der Waals surface area contributed by atoms with Crippen molar-refractivity contribution in [2.45, 2.75) is 0 Å². The minimum Gasteiger partial charge on any atom is -0.306 e. The van der Waals surface area contributed by atoms with Crippen molar-refractivity contribution < 1.29 is 4.79 Å². The summed E-state index contributed by atoms with van der Waals surface area (Å²) in [6, 6.07) is 15.9. The van der Waals surface area contributed by atoms with Gasteiger partial charge in [0.15, 0.2) is 0 Å². The van der Waals surface area contributed by atoms with Gasteiger partial charge in [-0.1, -0.05) is 34.0 Å². The van der Waals surface area contributed by atoms with Crippen LogP contribution in [0.2, 0.25) is 0 Å². The van der Waals surface area contributed by atoms with Crippen molar-refractivity contribution >= 4 is 36.2 Å². The summed E-state index contributed by atoms with van der Waals surface area (Å²) >= 11 is -0.614. The molecule has 0 bridgehead atoms. The maximum Gasteiger partial charge on any atom is 0.260 e. The molecular weight excluding hydrogens is 401 g/mol. The van der Waals surface area contributed by atoms with Crippen molar-refractivity contribution in [3.63, 3.8) is 0 Å². The maximum atomic E-state index is 12.1. The van der Waals surface area contributed by atoms with Crippen LogP contribution in [0.1, 0.15) is 21.5 Å². The van der Waals surface area contributed by atoms with Crippen molar-refractivity contribution in [2.75, 3.05) is 0 Å². The van der Waals surface area contributed by atoms with E-state index in [2.05, 4.69) is 24.3 Å². The van der Waals surface area contributed by atoms with Crippen LogP contribution < -0.4 is 3.53 Å². The van der Waals surface area contributed by atoms with Gasteiger partial charge in [-0.15, -0.1) is 0 Å². The van der Waals surface area contributed by atoms with Crippen LogP contribution in [0.4, 0.5) is 0 Å². The van der Waals surface area contributed by atoms with E-state index in [1.165, 1.54) is 0 Å². The van der Waals surface area contributed by atoms with Crippen LogP contribution in [-0.2, 0) is 0 Å². The van der Waals surface area contributed by atoms with Gasteiger partial charge in [0.25, 0.3) is 5.91 Å². The Morgan fingerprint density at radius 3 is 2.57 bits per heavy atom. The zero-order valence-electron chi connectivity index (χ0n) is 12.0. The molecule has 4 rings (SSSR count). The molecule has 1 aromatic heterocycles. The summed E-state index contributed by atoms with van der Waals surface area (Å²) in [5.74, 6) is -0.00839. The van der Waals surface area contributed by atoms with Crippen LogP contribution in [0.25, 0.3) is 11.3 Å². The second-order valence-electron chi connectivity index (χ2n) is 5.05. The molecule has 112 valence electrons. The number of nitrogens with one attached hydrogen (secondary N) is 1. The van der Waals surface area contributed by atoms with Gasteiger partial charge < -0.3 is 4.57 Å². The molecule has 0 radical (unpaired) electrons. The third kappa shape index (κ3) is 2.65. The monoisotopic (exact) mass is 413 g/mol. The molecule has 0 aliphatic carbocycles. The van der Waals surface area contributed by atoms with Gasteiger partial charge in [-0.05, 0) is 23.8 Å². The van der Waals surface area contributed by atoms with Crippen LogP contribution >= 0.6 is 21.0 Å². The Hall–Kier alpha value is -2.50. The van der Waals surface area contributed by atoms with Crippen LogP contribution in [0, 0.1) is 0 Å². The largest absolute Gasteiger partial charge is 0.306 e. The number of halogens is 1. The second kappa shape index (κ2) is 5.95. The Morgan fingerprint density at radius 1 is 1.04 bits per heavy atom. The minimum absolute atomic E-state index is 0.00839. The third-order valence-electron chi connectivity index (χ3n) is 3.67. The molecule has 2 aromatic carbocycles. The molecule has 0 unspecified atom stereocenters. The number of nitrogens with zero attached hydrogens (tertiary/aromatic N) is 2. The Balaban J connectivity index is 1.80. The van der Waals surface area contributed by atoms with E-state index in [9.17, 15) is 4.79 Å². The van der Waals surface area contributed by atoms with Crippen LogP contribution in [-0.4, -0.2) is 19.1 Å². The van der Waals surface area contributed by atoms with Crippen molar-refractivity contribution in [1.29, 1.82) is 0 Å². The van der Waals surface area contributed by atoms with Crippen molar-refractivity contribution in [1.82, 2.24) is 13.1 Å². The Bertz CT molecular complexity index is 937. The van der Waals surface area contributed by atoms with Crippen LogP contribution in [0.3, 0.4) is 0 Å². The normalized spacial score (nSPS) is 13.4. The first-order chi connectivity index (χ1) is 11.3. The van der Waals surface area contributed by atoms with Gasteiger partial charge in [-0.3, -0.25) is 8.32 Å². The number of amides is 1. The summed E-state index contributed by atoms with van der Waals surface area (Å²) in [6.07, 6.45) is 5.44. The number of hydrogen-bond donors (Lipinski definition) is 1. The van der Waals surface area contributed by atoms with Crippen molar-refractivity contribution in [3.8, 4) is 5.69 Å². The lowest BCUT2D eigenvalue weighted by atomic mass is 9.95. The van der Waals surface area contributed by atoms with Crippen molar-refractivity contribution in [3.05, 3.63) is 83.9 Å². The van der Waals surface area contributed by atoms with Gasteiger partial charge in [0.1, 0.15) is 0 Å². The number of hydrogen-bond acceptors (Lipinski definition) is 2. The fourth-order valence-electron chi connectivity index (χ4n) is 2.54. The van der Waals surface area contributed by atoms with E-state index in [4.69, 9.17) is 0 Å². The number of rotatable bonds is 2. The molecule has 1 aliphatic rings. The highest BCUT2D eigenvalue weighted by atomic mass is 127. The Morgan fingerprint density at radius 2 is 1.83 bits per heavy atom. The molecule has 0 saturated carbocycles. The van der Waals surface area contributed by atoms with E-state index in [1.807, 2.05) is 47.2 Å². The standard InChI is InChI=1S/C18H12IN3O/c23-18-16-4-2-1-3-15(16)17(11-19-21-18)13-5-7-14(8-6-13)22-10-9-20-12-22/h1-10,12H,(H,21,23). The summed E-state index contributed by atoms with van der Waals surface area (Å²) in [5.41, 5.74) is 4.78. The molecule has 1 aliphatic heterocycles. The summed E-state index contributed by atoms with van der Waals surface area (Å²) in [4.78, 5) is 16.2. The third-order valence-corrected chi connectivity index (χ3v) is 5.24. The smallest absolute Gasteiger partial charge is 0.260 e. The number of aromatic nitrogens is 2. The number of carbonyl (C=O) groups is 1. The highest BCUT2D eigenvalue weighted by Crippen LogP contribution is 2.27. The molecule has 5 heteroatoms. The SMILES string of the molecule is O=C1NI=C=C(c2ccc(-n3ccnc3)cc2)c2ccccc21. The molecular formula is C18H12IN3O. The number of fused-ring (bicyclic) bond motifs is 1. The Labute approximate surface area is 143 Å². The molecule has 2 heterocycles. The highest BCUT2D eigenvalue weighted by Gasteiger charge is 2.16. The summed E-state index contributed by atoms with van der Waals surface area (Å²) in [7, 11) is 0. The molecule has 0 spiro atoms. The number of benzene rings is 2. The maximum absolute atomic E-state index is 12.1. The van der Waals surface area contributed by atoms with Gasteiger partial charge in [0, 0.05) is 34.8 Å². The minimum atomic E-state index is -0.614. The van der Waals surface area contributed by atoms with E-state index < -0.39 is 21.0 Å². The van der Waals surface area contributed by atoms with Gasteiger partial charge in [-0.2, -0.15) is 0 Å². The first-order valence-electron chi connectivity index (χ1n) is 7.07. The lowest BCUT2D eigenvalue weighted by molar-refractivity contribution is 0.0989. The lowest BCUT2D eigenvalue weighted by Gasteiger charge is -2.09. The number of imidazole rings is 1. The van der Waals surface area contributed by atoms with Gasteiger partial charge in [0.2, 0.25) is 0 Å². The molecule has 3 aromatic rings. The molecule has 1 N–H and O–H groups in total. The average molecular weight is 413 g/mol. The molecule has 4 nitrogen and oxygen atoms in total. The number of carbonyl (C=O) groups excluding carboxylic acids is 1. The van der Waals surface area contributed by atoms with E-state index in [0.29, 0.717) is 5.56 Å².